The minimum atomic E-state index is -1.78. The molecule has 3 aromatic carbocycles. The molecule has 3 unspecified atom stereocenters. The van der Waals surface area contributed by atoms with E-state index in [1.165, 1.54) is 7.11 Å². The van der Waals surface area contributed by atoms with Crippen molar-refractivity contribution in [1.82, 2.24) is 40.4 Å². The van der Waals surface area contributed by atoms with Gasteiger partial charge in [-0.25, -0.2) is 14.8 Å². The van der Waals surface area contributed by atoms with Crippen molar-refractivity contribution in [1.29, 1.82) is 0 Å². The highest BCUT2D eigenvalue weighted by Gasteiger charge is 2.46. The van der Waals surface area contributed by atoms with Crippen molar-refractivity contribution >= 4 is 64.7 Å². The van der Waals surface area contributed by atoms with Crippen LogP contribution in [-0.2, 0) is 19.1 Å². The second-order valence-corrected chi connectivity index (χ2v) is 23.0. The summed E-state index contributed by atoms with van der Waals surface area (Å²) in [6.45, 7) is 12.0. The highest BCUT2D eigenvalue weighted by molar-refractivity contribution is 6.78. The van der Waals surface area contributed by atoms with Crippen LogP contribution in [0.25, 0.3) is 55.4 Å². The number of imidazole rings is 2. The monoisotopic (exact) mass is 846 g/mol. The van der Waals surface area contributed by atoms with Crippen LogP contribution in [0.1, 0.15) is 64.3 Å². The minimum absolute atomic E-state index is 0.124. The molecule has 2 aliphatic heterocycles. The Morgan fingerprint density at radius 2 is 1.61 bits per heavy atom. The van der Waals surface area contributed by atoms with E-state index in [1.54, 1.807) is 4.90 Å². The molecule has 5 heterocycles. The van der Waals surface area contributed by atoms with Crippen molar-refractivity contribution in [2.45, 2.75) is 83.8 Å². The van der Waals surface area contributed by atoms with Crippen molar-refractivity contribution in [2.24, 2.45) is 11.8 Å². The third-order valence-electron chi connectivity index (χ3n) is 12.2. The van der Waals surface area contributed by atoms with Crippen molar-refractivity contribution in [2.75, 3.05) is 26.4 Å². The van der Waals surface area contributed by atoms with Gasteiger partial charge < -0.3 is 44.7 Å². The SMILES string of the molecule is COC(=O)NC(C(=O)N1C[Si](C)(C)CC1c1ncc(-c2ccc3oc(-c4ccc5c(ccc6nc([C@@H]7CCCN7C(=O)C(NC(=O)CO)C(C)C)[nH]c65)c4)cc3c2)[nH]1)C(C)C. The van der Waals surface area contributed by atoms with Crippen LogP contribution in [0.4, 0.5) is 4.79 Å². The number of hydrogen-bond acceptors (Lipinski definition) is 9. The van der Waals surface area contributed by atoms with Crippen molar-refractivity contribution in [3.05, 3.63) is 72.4 Å². The third kappa shape index (κ3) is 8.13. The number of amides is 4. The molecule has 2 fully saturated rings. The zero-order valence-corrected chi connectivity index (χ0v) is 36.7. The number of aliphatic hydroxyl groups excluding tert-OH is 1. The van der Waals surface area contributed by atoms with Gasteiger partial charge in [-0.2, -0.15) is 0 Å². The fourth-order valence-electron chi connectivity index (χ4n) is 8.99. The van der Waals surface area contributed by atoms with Crippen LogP contribution in [0.15, 0.2) is 65.2 Å². The number of benzene rings is 3. The lowest BCUT2D eigenvalue weighted by Gasteiger charge is -2.30. The summed E-state index contributed by atoms with van der Waals surface area (Å²) in [5.74, 6) is 1.00. The summed E-state index contributed by atoms with van der Waals surface area (Å²) < 4.78 is 11.2. The van der Waals surface area contributed by atoms with E-state index in [4.69, 9.17) is 19.1 Å². The summed E-state index contributed by atoms with van der Waals surface area (Å²) in [5.41, 5.74) is 5.12. The third-order valence-corrected chi connectivity index (χ3v) is 14.8. The minimum Gasteiger partial charge on any atom is -0.456 e. The summed E-state index contributed by atoms with van der Waals surface area (Å²) in [6.07, 6.45) is 3.42. The van der Waals surface area contributed by atoms with E-state index in [0.29, 0.717) is 18.5 Å². The number of carbonyl (C=O) groups excluding carboxylic acids is 4. The quantitative estimate of drug-likeness (QED) is 0.0868. The second-order valence-electron chi connectivity index (χ2n) is 17.9. The Morgan fingerprint density at radius 3 is 2.34 bits per heavy atom. The van der Waals surface area contributed by atoms with Gasteiger partial charge in [-0.3, -0.25) is 14.4 Å². The Bertz CT molecular complexity index is 2650. The van der Waals surface area contributed by atoms with Crippen LogP contribution < -0.4 is 10.6 Å². The molecule has 4 atom stereocenters. The zero-order valence-electron chi connectivity index (χ0n) is 35.7. The predicted octanol–water partition coefficient (Wildman–Crippen LogP) is 6.83. The lowest BCUT2D eigenvalue weighted by atomic mass is 10.0. The molecule has 4 amide bonds. The lowest BCUT2D eigenvalue weighted by molar-refractivity contribution is -0.139. The number of alkyl carbamates (subject to hydrolysis) is 1. The summed E-state index contributed by atoms with van der Waals surface area (Å²) in [5, 5.41) is 17.7. The first kappa shape index (κ1) is 41.7. The molecule has 0 radical (unpaired) electrons. The molecular weight excluding hydrogens is 793 g/mol. The Hall–Kier alpha value is -6.00. The van der Waals surface area contributed by atoms with Gasteiger partial charge in [0.15, 0.2) is 0 Å². The molecule has 16 heteroatoms. The Morgan fingerprint density at radius 1 is 0.885 bits per heavy atom. The molecule has 3 aromatic heterocycles. The van der Waals surface area contributed by atoms with E-state index in [-0.39, 0.29) is 35.7 Å². The summed E-state index contributed by atoms with van der Waals surface area (Å²) in [4.78, 5) is 72.2. The van der Waals surface area contributed by atoms with Crippen LogP contribution in [-0.4, -0.2) is 105 Å². The molecule has 0 bridgehead atoms. The highest BCUT2D eigenvalue weighted by Crippen LogP contribution is 2.40. The van der Waals surface area contributed by atoms with Crippen LogP contribution >= 0.6 is 0 Å². The number of hydrogen-bond donors (Lipinski definition) is 5. The van der Waals surface area contributed by atoms with Gasteiger partial charge in [-0.05, 0) is 72.5 Å². The molecular formula is C45H54N8O7Si. The van der Waals surface area contributed by atoms with Gasteiger partial charge in [0, 0.05) is 34.6 Å². The first-order valence-corrected chi connectivity index (χ1v) is 24.4. The molecule has 320 valence electrons. The number of nitrogens with one attached hydrogen (secondary N) is 4. The first-order valence-electron chi connectivity index (χ1n) is 21.0. The molecule has 2 saturated heterocycles. The van der Waals surface area contributed by atoms with Gasteiger partial charge in [-0.15, -0.1) is 0 Å². The number of aromatic amines is 2. The van der Waals surface area contributed by atoms with Crippen LogP contribution in [0, 0.1) is 11.8 Å². The van der Waals surface area contributed by atoms with E-state index in [9.17, 15) is 24.3 Å². The number of rotatable bonds is 11. The predicted molar refractivity (Wildman–Crippen MR) is 235 cm³/mol. The van der Waals surface area contributed by atoms with Gasteiger partial charge >= 0.3 is 6.09 Å². The number of H-pyrrole nitrogens is 2. The van der Waals surface area contributed by atoms with E-state index in [1.807, 2.05) is 75.2 Å². The first-order chi connectivity index (χ1) is 29.1. The fourth-order valence-corrected chi connectivity index (χ4v) is 11.9. The van der Waals surface area contributed by atoms with Crippen molar-refractivity contribution in [3.8, 4) is 22.6 Å². The highest BCUT2D eigenvalue weighted by atomic mass is 28.3. The van der Waals surface area contributed by atoms with E-state index >= 15 is 0 Å². The fraction of sp³-hybridized carbons (Fsp3) is 0.422. The number of likely N-dealkylation sites (tertiary alicyclic amines) is 1. The Kier molecular flexibility index (Phi) is 11.3. The molecule has 0 spiro atoms. The number of nitrogens with zero attached hydrogens (tertiary/aromatic N) is 4. The van der Waals surface area contributed by atoms with E-state index < -0.39 is 38.8 Å². The van der Waals surface area contributed by atoms with Gasteiger partial charge in [-0.1, -0.05) is 59.0 Å². The summed E-state index contributed by atoms with van der Waals surface area (Å²) in [7, 11) is -0.481. The number of fused-ring (bicyclic) bond motifs is 4. The topological polar surface area (TPSA) is 199 Å². The maximum Gasteiger partial charge on any atom is 0.407 e. The summed E-state index contributed by atoms with van der Waals surface area (Å²) >= 11 is 0. The number of aliphatic hydroxyl groups is 1. The smallest absolute Gasteiger partial charge is 0.407 e. The number of methoxy groups -OCH3 is 1. The van der Waals surface area contributed by atoms with E-state index in [2.05, 4.69) is 51.9 Å². The molecule has 15 nitrogen and oxygen atoms in total. The largest absolute Gasteiger partial charge is 0.456 e. The molecule has 61 heavy (non-hydrogen) atoms. The molecule has 5 N–H and O–H groups in total. The molecule has 0 saturated carbocycles. The normalized spacial score (nSPS) is 18.7. The lowest BCUT2D eigenvalue weighted by Crippen LogP contribution is -2.52. The van der Waals surface area contributed by atoms with E-state index in [0.717, 1.165) is 80.1 Å². The van der Waals surface area contributed by atoms with Crippen LogP contribution in [0.5, 0.6) is 0 Å². The number of carbonyl (C=O) groups is 4. The number of ether oxygens (including phenoxy) is 1. The second kappa shape index (κ2) is 16.5. The zero-order chi connectivity index (χ0) is 43.3. The van der Waals surface area contributed by atoms with Gasteiger partial charge in [0.1, 0.15) is 41.7 Å². The van der Waals surface area contributed by atoms with Gasteiger partial charge in [0.05, 0.1) is 50.2 Å². The molecule has 6 aromatic rings. The Labute approximate surface area is 354 Å². The van der Waals surface area contributed by atoms with Crippen LogP contribution in [0.2, 0.25) is 19.1 Å². The maximum atomic E-state index is 13.9. The van der Waals surface area contributed by atoms with Gasteiger partial charge in [0.2, 0.25) is 17.7 Å². The van der Waals surface area contributed by atoms with Crippen LogP contribution in [0.3, 0.4) is 0 Å². The number of aromatic nitrogens is 4. The summed E-state index contributed by atoms with van der Waals surface area (Å²) in [6, 6.07) is 17.2. The van der Waals surface area contributed by atoms with Crippen molar-refractivity contribution in [3.63, 3.8) is 0 Å². The van der Waals surface area contributed by atoms with Gasteiger partial charge in [0.25, 0.3) is 0 Å². The average Bonchev–Trinajstić information content (AvgIpc) is 4.09. The average molecular weight is 847 g/mol. The maximum absolute atomic E-state index is 13.9. The standard InChI is InChI=1S/C45H54N8O7Si/c1-24(2)38(49-37(55)21-54)43(56)52-16-8-9-33(52)42-47-31-14-11-26-17-28(10-13-30(26)40(31)50-42)36-19-29-18-27(12-15-35(29)60-36)32-20-46-41(48-32)34-22-61(6,7)23-53(34)44(57)39(25(3)4)51-45(58)59-5/h10-15,17-20,24-25,33-34,38-39,54H,8-9,16,21-23H2,1-7H3,(H,46,48)(H,47,50)(H,49,55)(H,51,58)/t33-,34?,38?,39?/m0/s1. The molecule has 2 aliphatic rings. The van der Waals surface area contributed by atoms with Crippen molar-refractivity contribution < 1.29 is 33.4 Å². The molecule has 0 aliphatic carbocycles. The molecule has 8 rings (SSSR count). The number of furan rings is 1. The Balaban J connectivity index is 1.02.